The Labute approximate surface area is 107 Å². The van der Waals surface area contributed by atoms with Crippen LogP contribution in [0.15, 0.2) is 0 Å². The topological polar surface area (TPSA) is 15.3 Å². The summed E-state index contributed by atoms with van der Waals surface area (Å²) < 4.78 is 0. The maximum atomic E-state index is 3.76. The van der Waals surface area contributed by atoms with Crippen LogP contribution in [0, 0.1) is 11.8 Å². The maximum absolute atomic E-state index is 3.76. The average Bonchev–Trinajstić information content (AvgIpc) is 3.12. The van der Waals surface area contributed by atoms with E-state index in [2.05, 4.69) is 31.1 Å². The zero-order chi connectivity index (χ0) is 12.3. The quantitative estimate of drug-likeness (QED) is 0.765. The first-order valence-corrected chi connectivity index (χ1v) is 7.60. The molecule has 2 aliphatic carbocycles. The van der Waals surface area contributed by atoms with Crippen LogP contribution in [0.4, 0.5) is 0 Å². The lowest BCUT2D eigenvalue weighted by molar-refractivity contribution is 0.223. The molecule has 3 atom stereocenters. The highest BCUT2D eigenvalue weighted by Gasteiger charge is 2.30. The third-order valence-electron chi connectivity index (χ3n) is 4.83. The summed E-state index contributed by atoms with van der Waals surface area (Å²) >= 11 is 0. The molecule has 3 unspecified atom stereocenters. The SMILES string of the molecule is CC1CCCC(NCCN(C)C(C)C2CC2)C1. The molecule has 0 spiro atoms. The van der Waals surface area contributed by atoms with Crippen molar-refractivity contribution >= 4 is 0 Å². The molecule has 2 saturated carbocycles. The van der Waals surface area contributed by atoms with Gasteiger partial charge in [-0.25, -0.2) is 0 Å². The summed E-state index contributed by atoms with van der Waals surface area (Å²) in [7, 11) is 2.29. The maximum Gasteiger partial charge on any atom is 0.0107 e. The van der Waals surface area contributed by atoms with Crippen molar-refractivity contribution < 1.29 is 0 Å². The molecule has 0 aromatic heterocycles. The van der Waals surface area contributed by atoms with Gasteiger partial charge in [-0.1, -0.05) is 19.8 Å². The van der Waals surface area contributed by atoms with Gasteiger partial charge in [0.1, 0.15) is 0 Å². The smallest absolute Gasteiger partial charge is 0.0107 e. The predicted octanol–water partition coefficient (Wildman–Crippen LogP) is 2.89. The highest BCUT2D eigenvalue weighted by atomic mass is 15.1. The van der Waals surface area contributed by atoms with Crippen molar-refractivity contribution in [3.05, 3.63) is 0 Å². The highest BCUT2D eigenvalue weighted by molar-refractivity contribution is 4.84. The van der Waals surface area contributed by atoms with E-state index in [9.17, 15) is 0 Å². The number of likely N-dealkylation sites (N-methyl/N-ethyl adjacent to an activating group) is 1. The Morgan fingerprint density at radius 3 is 2.65 bits per heavy atom. The Bertz CT molecular complexity index is 223. The molecule has 2 heteroatoms. The second-order valence-corrected chi connectivity index (χ2v) is 6.48. The zero-order valence-electron chi connectivity index (χ0n) is 11.9. The summed E-state index contributed by atoms with van der Waals surface area (Å²) in [5, 5.41) is 3.76. The first-order valence-electron chi connectivity index (χ1n) is 7.60. The fourth-order valence-corrected chi connectivity index (χ4v) is 3.21. The van der Waals surface area contributed by atoms with Crippen LogP contribution in [0.2, 0.25) is 0 Å². The molecular formula is C15H30N2. The van der Waals surface area contributed by atoms with Crippen LogP contribution in [0.1, 0.15) is 52.4 Å². The van der Waals surface area contributed by atoms with E-state index < -0.39 is 0 Å². The van der Waals surface area contributed by atoms with Crippen molar-refractivity contribution in [3.8, 4) is 0 Å². The molecule has 2 aliphatic rings. The van der Waals surface area contributed by atoms with Crippen LogP contribution in [0.25, 0.3) is 0 Å². The summed E-state index contributed by atoms with van der Waals surface area (Å²) in [6.45, 7) is 7.17. The van der Waals surface area contributed by atoms with Gasteiger partial charge < -0.3 is 10.2 Å². The molecule has 0 aromatic carbocycles. The largest absolute Gasteiger partial charge is 0.313 e. The van der Waals surface area contributed by atoms with Gasteiger partial charge in [-0.3, -0.25) is 0 Å². The van der Waals surface area contributed by atoms with E-state index >= 15 is 0 Å². The molecule has 2 fully saturated rings. The van der Waals surface area contributed by atoms with Crippen molar-refractivity contribution in [1.82, 2.24) is 10.2 Å². The summed E-state index contributed by atoms with van der Waals surface area (Å²) in [6, 6.07) is 1.59. The van der Waals surface area contributed by atoms with Crippen LogP contribution in [-0.2, 0) is 0 Å². The normalized spacial score (nSPS) is 31.8. The number of nitrogens with one attached hydrogen (secondary N) is 1. The van der Waals surface area contributed by atoms with Gasteiger partial charge in [0.25, 0.3) is 0 Å². The van der Waals surface area contributed by atoms with Gasteiger partial charge in [0, 0.05) is 25.2 Å². The van der Waals surface area contributed by atoms with E-state index in [1.165, 1.54) is 51.6 Å². The van der Waals surface area contributed by atoms with Crippen molar-refractivity contribution in [2.24, 2.45) is 11.8 Å². The van der Waals surface area contributed by atoms with E-state index in [1.807, 2.05) is 0 Å². The van der Waals surface area contributed by atoms with E-state index in [0.29, 0.717) is 0 Å². The summed E-state index contributed by atoms with van der Waals surface area (Å²) in [5.74, 6) is 1.93. The van der Waals surface area contributed by atoms with E-state index in [-0.39, 0.29) is 0 Å². The second-order valence-electron chi connectivity index (χ2n) is 6.48. The Hall–Kier alpha value is -0.0800. The van der Waals surface area contributed by atoms with Crippen LogP contribution >= 0.6 is 0 Å². The fraction of sp³-hybridized carbons (Fsp3) is 1.00. The Morgan fingerprint density at radius 2 is 2.00 bits per heavy atom. The molecule has 2 nitrogen and oxygen atoms in total. The highest BCUT2D eigenvalue weighted by Crippen LogP contribution is 2.34. The molecule has 0 heterocycles. The summed E-state index contributed by atoms with van der Waals surface area (Å²) in [5.41, 5.74) is 0. The summed E-state index contributed by atoms with van der Waals surface area (Å²) in [6.07, 6.45) is 8.57. The van der Waals surface area contributed by atoms with Gasteiger partial charge in [-0.05, 0) is 51.5 Å². The molecule has 0 amide bonds. The lowest BCUT2D eigenvalue weighted by Gasteiger charge is -2.29. The number of hydrogen-bond acceptors (Lipinski definition) is 2. The van der Waals surface area contributed by atoms with Gasteiger partial charge in [-0.15, -0.1) is 0 Å². The molecule has 17 heavy (non-hydrogen) atoms. The predicted molar refractivity (Wildman–Crippen MR) is 74.2 cm³/mol. The minimum absolute atomic E-state index is 0.794. The molecule has 100 valence electrons. The minimum atomic E-state index is 0.794. The van der Waals surface area contributed by atoms with Gasteiger partial charge >= 0.3 is 0 Å². The van der Waals surface area contributed by atoms with Crippen molar-refractivity contribution in [2.45, 2.75) is 64.5 Å². The van der Waals surface area contributed by atoms with E-state index in [0.717, 1.165) is 23.9 Å². The molecule has 2 rings (SSSR count). The van der Waals surface area contributed by atoms with Crippen molar-refractivity contribution in [3.63, 3.8) is 0 Å². The Kier molecular flexibility index (Phi) is 4.87. The van der Waals surface area contributed by atoms with Gasteiger partial charge in [-0.2, -0.15) is 0 Å². The Morgan fingerprint density at radius 1 is 1.24 bits per heavy atom. The first kappa shape index (κ1) is 13.4. The number of hydrogen-bond donors (Lipinski definition) is 1. The van der Waals surface area contributed by atoms with Crippen LogP contribution in [0.3, 0.4) is 0 Å². The zero-order valence-corrected chi connectivity index (χ0v) is 11.9. The van der Waals surface area contributed by atoms with Gasteiger partial charge in [0.05, 0.1) is 0 Å². The standard InChI is InChI=1S/C15H30N2/c1-12-5-4-6-15(11-12)16-9-10-17(3)13(2)14-7-8-14/h12-16H,4-11H2,1-3H3. The minimum Gasteiger partial charge on any atom is -0.313 e. The number of nitrogens with zero attached hydrogens (tertiary/aromatic N) is 1. The molecular weight excluding hydrogens is 208 g/mol. The summed E-state index contributed by atoms with van der Waals surface area (Å²) in [4.78, 5) is 2.54. The molecule has 0 radical (unpaired) electrons. The Balaban J connectivity index is 1.58. The molecule has 1 N–H and O–H groups in total. The van der Waals surface area contributed by atoms with E-state index in [1.54, 1.807) is 0 Å². The van der Waals surface area contributed by atoms with Gasteiger partial charge in [0.15, 0.2) is 0 Å². The lowest BCUT2D eigenvalue weighted by atomic mass is 9.87. The fourth-order valence-electron chi connectivity index (χ4n) is 3.21. The van der Waals surface area contributed by atoms with Crippen LogP contribution in [-0.4, -0.2) is 37.1 Å². The number of rotatable bonds is 6. The van der Waals surface area contributed by atoms with E-state index in [4.69, 9.17) is 0 Å². The van der Waals surface area contributed by atoms with Crippen molar-refractivity contribution in [2.75, 3.05) is 20.1 Å². The monoisotopic (exact) mass is 238 g/mol. The van der Waals surface area contributed by atoms with Crippen molar-refractivity contribution in [1.29, 1.82) is 0 Å². The molecule has 0 aliphatic heterocycles. The molecule has 0 bridgehead atoms. The molecule has 0 saturated heterocycles. The van der Waals surface area contributed by atoms with Crippen LogP contribution in [0.5, 0.6) is 0 Å². The first-order chi connectivity index (χ1) is 8.16. The van der Waals surface area contributed by atoms with Crippen LogP contribution < -0.4 is 5.32 Å². The second kappa shape index (κ2) is 6.19. The third kappa shape index (κ3) is 4.26. The van der Waals surface area contributed by atoms with Gasteiger partial charge in [0.2, 0.25) is 0 Å². The lowest BCUT2D eigenvalue weighted by Crippen LogP contribution is -2.41. The average molecular weight is 238 g/mol. The molecule has 0 aromatic rings. The third-order valence-corrected chi connectivity index (χ3v) is 4.83.